The second-order valence-corrected chi connectivity index (χ2v) is 10.4. The molecule has 1 amide bonds. The molecule has 3 aliphatic heterocycles. The van der Waals surface area contributed by atoms with Crippen LogP contribution in [0, 0.1) is 11.8 Å². The van der Waals surface area contributed by atoms with Crippen LogP contribution in [-0.4, -0.2) is 61.1 Å². The minimum absolute atomic E-state index is 0.0105. The van der Waals surface area contributed by atoms with E-state index < -0.39 is 0 Å². The van der Waals surface area contributed by atoms with Gasteiger partial charge in [-0.3, -0.25) is 9.69 Å². The first-order valence-electron chi connectivity index (χ1n) is 11.0. The lowest BCUT2D eigenvalue weighted by molar-refractivity contribution is 0.00219. The van der Waals surface area contributed by atoms with E-state index in [9.17, 15) is 4.79 Å². The van der Waals surface area contributed by atoms with Crippen LogP contribution in [0.25, 0.3) is 0 Å². The van der Waals surface area contributed by atoms with E-state index in [1.54, 1.807) is 0 Å². The highest BCUT2D eigenvalue weighted by atomic mass is 32.1. The van der Waals surface area contributed by atoms with E-state index in [-0.39, 0.29) is 11.5 Å². The second kappa shape index (κ2) is 8.08. The highest BCUT2D eigenvalue weighted by Crippen LogP contribution is 2.54. The molecule has 160 valence electrons. The van der Waals surface area contributed by atoms with Crippen molar-refractivity contribution in [3.05, 3.63) is 57.8 Å². The summed E-state index contributed by atoms with van der Waals surface area (Å²) in [6.45, 7) is 4.82. The average molecular weight is 426 g/mol. The first-order chi connectivity index (χ1) is 14.5. The van der Waals surface area contributed by atoms with Crippen molar-refractivity contribution in [2.45, 2.75) is 37.6 Å². The van der Waals surface area contributed by atoms with Crippen LogP contribution in [0.5, 0.6) is 0 Å². The van der Waals surface area contributed by atoms with E-state index in [1.807, 2.05) is 41.7 Å². The number of benzene rings is 1. The minimum atomic E-state index is 0.0105. The van der Waals surface area contributed by atoms with Gasteiger partial charge in [-0.2, -0.15) is 0 Å². The Balaban J connectivity index is 1.21. The van der Waals surface area contributed by atoms with Crippen molar-refractivity contribution < 1.29 is 9.53 Å². The third-order valence-corrected chi connectivity index (χ3v) is 7.95. The number of nitrogens with one attached hydrogen (secondary N) is 1. The van der Waals surface area contributed by atoms with E-state index in [1.165, 1.54) is 10.4 Å². The van der Waals surface area contributed by atoms with Crippen molar-refractivity contribution >= 4 is 17.2 Å². The molecule has 1 N–H and O–H groups in total. The predicted octanol–water partition coefficient (Wildman–Crippen LogP) is 3.22. The Morgan fingerprint density at radius 1 is 1.33 bits per heavy atom. The molecular formula is C24H31N3O2S. The lowest BCUT2D eigenvalue weighted by Crippen LogP contribution is -2.41. The number of amides is 1. The molecule has 4 heterocycles. The van der Waals surface area contributed by atoms with Crippen molar-refractivity contribution in [2.75, 3.05) is 33.7 Å². The lowest BCUT2D eigenvalue weighted by atomic mass is 9.73. The summed E-state index contributed by atoms with van der Waals surface area (Å²) in [5.74, 6) is 0.965. The number of rotatable bonds is 7. The molecule has 4 atom stereocenters. The number of ether oxygens (including phenoxy) is 1. The summed E-state index contributed by atoms with van der Waals surface area (Å²) in [6.07, 6.45) is 2.60. The van der Waals surface area contributed by atoms with Gasteiger partial charge in [0, 0.05) is 55.0 Å². The van der Waals surface area contributed by atoms with E-state index in [2.05, 4.69) is 40.7 Å². The summed E-state index contributed by atoms with van der Waals surface area (Å²) >= 11 is 1.87. The first kappa shape index (κ1) is 20.2. The van der Waals surface area contributed by atoms with Crippen LogP contribution in [0.15, 0.2) is 41.8 Å². The Morgan fingerprint density at radius 3 is 2.97 bits per heavy atom. The van der Waals surface area contributed by atoms with E-state index in [4.69, 9.17) is 4.74 Å². The molecule has 0 aliphatic carbocycles. The third-order valence-electron chi connectivity index (χ3n) is 6.97. The minimum Gasteiger partial charge on any atom is -0.370 e. The number of nitrogens with zero attached hydrogens (tertiary/aromatic N) is 2. The first-order valence-corrected chi connectivity index (χ1v) is 11.8. The van der Waals surface area contributed by atoms with Crippen LogP contribution in [0.2, 0.25) is 0 Å². The number of fused-ring (bicyclic) bond motifs is 1. The highest BCUT2D eigenvalue weighted by molar-refractivity contribution is 7.10. The summed E-state index contributed by atoms with van der Waals surface area (Å²) in [4.78, 5) is 18.7. The fourth-order valence-corrected chi connectivity index (χ4v) is 6.68. The normalized spacial score (nSPS) is 30.2. The molecule has 30 heavy (non-hydrogen) atoms. The summed E-state index contributed by atoms with van der Waals surface area (Å²) < 4.78 is 6.56. The summed E-state index contributed by atoms with van der Waals surface area (Å²) in [5.41, 5.74) is 2.14. The predicted molar refractivity (Wildman–Crippen MR) is 120 cm³/mol. The molecule has 6 heteroatoms. The Labute approximate surface area is 183 Å². The van der Waals surface area contributed by atoms with Gasteiger partial charge in [0.25, 0.3) is 5.91 Å². The van der Waals surface area contributed by atoms with Crippen LogP contribution in [0.1, 0.15) is 33.6 Å². The van der Waals surface area contributed by atoms with Crippen LogP contribution >= 0.6 is 11.3 Å². The molecular weight excluding hydrogens is 394 g/mol. The van der Waals surface area contributed by atoms with Gasteiger partial charge in [0.2, 0.25) is 0 Å². The summed E-state index contributed by atoms with van der Waals surface area (Å²) in [6, 6.07) is 11.9. The molecule has 1 aromatic heterocycles. The number of hydrogen-bond donors (Lipinski definition) is 1. The second-order valence-electron chi connectivity index (χ2n) is 9.43. The number of hydrogen-bond acceptors (Lipinski definition) is 5. The molecule has 0 radical (unpaired) electrons. The lowest BCUT2D eigenvalue weighted by Gasteiger charge is -2.29. The van der Waals surface area contributed by atoms with Crippen LogP contribution in [0.4, 0.5) is 0 Å². The van der Waals surface area contributed by atoms with Gasteiger partial charge in [-0.1, -0.05) is 18.2 Å². The van der Waals surface area contributed by atoms with Crippen LogP contribution in [0.3, 0.4) is 0 Å². The SMILES string of the molecule is CN(C)Cc1csc(CN2C[C@@H]3[C@H](CNC(=O)c4ccccc4)[C@H]4CC[C@]3(C2)O4)c1. The number of thiophene rings is 1. The van der Waals surface area contributed by atoms with Crippen LogP contribution < -0.4 is 5.32 Å². The molecule has 3 fully saturated rings. The van der Waals surface area contributed by atoms with Crippen molar-refractivity contribution in [1.82, 2.24) is 15.1 Å². The molecule has 2 aromatic rings. The van der Waals surface area contributed by atoms with Crippen molar-refractivity contribution in [1.29, 1.82) is 0 Å². The smallest absolute Gasteiger partial charge is 0.251 e. The maximum absolute atomic E-state index is 12.5. The van der Waals surface area contributed by atoms with Crippen molar-refractivity contribution in [3.8, 4) is 0 Å². The van der Waals surface area contributed by atoms with Gasteiger partial charge < -0.3 is 15.0 Å². The number of carbonyl (C=O) groups is 1. The molecule has 5 rings (SSSR count). The van der Waals surface area contributed by atoms with Gasteiger partial charge in [0.1, 0.15) is 0 Å². The topological polar surface area (TPSA) is 44.8 Å². The van der Waals surface area contributed by atoms with Gasteiger partial charge in [0.15, 0.2) is 0 Å². The molecule has 3 aliphatic rings. The maximum atomic E-state index is 12.5. The standard InChI is InChI=1S/C24H31N3O2S/c1-26(2)12-17-10-19(30-15-17)13-27-14-21-20(22-8-9-24(21,16-27)29-22)11-25-23(28)18-6-4-3-5-7-18/h3-7,10,15,20-22H,8-9,11-14,16H2,1-2H3,(H,25,28)/t20-,21+,22+,24+/m0/s1. The van der Waals surface area contributed by atoms with E-state index in [0.29, 0.717) is 24.5 Å². The largest absolute Gasteiger partial charge is 0.370 e. The Bertz CT molecular complexity index is 899. The average Bonchev–Trinajstić information content (AvgIpc) is 3.47. The molecule has 1 aromatic carbocycles. The van der Waals surface area contributed by atoms with Gasteiger partial charge in [-0.15, -0.1) is 11.3 Å². The van der Waals surface area contributed by atoms with Crippen molar-refractivity contribution in [2.24, 2.45) is 11.8 Å². The van der Waals surface area contributed by atoms with E-state index >= 15 is 0 Å². The van der Waals surface area contributed by atoms with Gasteiger partial charge in [-0.05, 0) is 56.1 Å². The monoisotopic (exact) mass is 425 g/mol. The molecule has 1 spiro atoms. The Morgan fingerprint density at radius 2 is 2.17 bits per heavy atom. The fourth-order valence-electron chi connectivity index (χ4n) is 5.76. The van der Waals surface area contributed by atoms with Crippen molar-refractivity contribution in [3.63, 3.8) is 0 Å². The Kier molecular flexibility index (Phi) is 5.44. The van der Waals surface area contributed by atoms with E-state index in [0.717, 1.165) is 44.6 Å². The number of carbonyl (C=O) groups excluding carboxylic acids is 1. The quantitative estimate of drug-likeness (QED) is 0.740. The zero-order valence-electron chi connectivity index (χ0n) is 17.8. The number of likely N-dealkylation sites (tertiary alicyclic amines) is 1. The summed E-state index contributed by atoms with van der Waals surface area (Å²) in [5, 5.41) is 5.47. The maximum Gasteiger partial charge on any atom is 0.251 e. The summed E-state index contributed by atoms with van der Waals surface area (Å²) in [7, 11) is 4.23. The molecule has 0 saturated carbocycles. The van der Waals surface area contributed by atoms with Crippen LogP contribution in [-0.2, 0) is 17.8 Å². The molecule has 0 unspecified atom stereocenters. The molecule has 5 nitrogen and oxygen atoms in total. The highest BCUT2D eigenvalue weighted by Gasteiger charge is 2.62. The van der Waals surface area contributed by atoms with Gasteiger partial charge in [-0.25, -0.2) is 0 Å². The fraction of sp³-hybridized carbons (Fsp3) is 0.542. The zero-order chi connectivity index (χ0) is 20.7. The van der Waals surface area contributed by atoms with Gasteiger partial charge >= 0.3 is 0 Å². The zero-order valence-corrected chi connectivity index (χ0v) is 18.7. The molecule has 3 saturated heterocycles. The van der Waals surface area contributed by atoms with Gasteiger partial charge in [0.05, 0.1) is 11.7 Å². The molecule has 2 bridgehead atoms. The third kappa shape index (κ3) is 3.82. The Hall–Kier alpha value is -1.73.